The SMILES string of the molecule is Cc1ccc(COc2ccc(/C=C(/C#N)C(=O)Nc3cccc(Cl)c3Cl)cc2I)cc1. The van der Waals surface area contributed by atoms with Gasteiger partial charge in [0.15, 0.2) is 0 Å². The third-order valence-corrected chi connectivity index (χ3v) is 6.01. The number of carbonyl (C=O) groups excluding carboxylic acids is 1. The van der Waals surface area contributed by atoms with Gasteiger partial charge >= 0.3 is 0 Å². The van der Waals surface area contributed by atoms with Gasteiger partial charge in [0.05, 0.1) is 19.3 Å². The highest BCUT2D eigenvalue weighted by Gasteiger charge is 2.13. The van der Waals surface area contributed by atoms with Gasteiger partial charge in [-0.05, 0) is 71.0 Å². The molecule has 156 valence electrons. The van der Waals surface area contributed by atoms with Gasteiger partial charge in [0.1, 0.15) is 24.0 Å². The lowest BCUT2D eigenvalue weighted by Gasteiger charge is -2.10. The summed E-state index contributed by atoms with van der Waals surface area (Å²) in [7, 11) is 0. The summed E-state index contributed by atoms with van der Waals surface area (Å²) in [6, 6.07) is 20.4. The smallest absolute Gasteiger partial charge is 0.266 e. The van der Waals surface area contributed by atoms with Gasteiger partial charge in [-0.1, -0.05) is 65.2 Å². The number of carbonyl (C=O) groups is 1. The molecule has 1 N–H and O–H groups in total. The van der Waals surface area contributed by atoms with Gasteiger partial charge in [0.25, 0.3) is 5.91 Å². The molecule has 0 bridgehead atoms. The van der Waals surface area contributed by atoms with Crippen molar-refractivity contribution in [2.24, 2.45) is 0 Å². The number of rotatable bonds is 6. The molecule has 1 amide bonds. The summed E-state index contributed by atoms with van der Waals surface area (Å²) in [5, 5.41) is 12.6. The molecular formula is C24H17Cl2IN2O2. The van der Waals surface area contributed by atoms with Gasteiger partial charge in [-0.3, -0.25) is 4.79 Å². The Kier molecular flexibility index (Phi) is 7.97. The minimum atomic E-state index is -0.568. The molecule has 0 fully saturated rings. The summed E-state index contributed by atoms with van der Waals surface area (Å²) in [6.45, 7) is 2.50. The molecule has 0 aliphatic rings. The zero-order chi connectivity index (χ0) is 22.4. The first-order valence-electron chi connectivity index (χ1n) is 9.22. The average molecular weight is 563 g/mol. The van der Waals surface area contributed by atoms with Crippen LogP contribution in [0.15, 0.2) is 66.2 Å². The number of hydrogen-bond acceptors (Lipinski definition) is 3. The Bertz CT molecular complexity index is 1190. The van der Waals surface area contributed by atoms with Crippen LogP contribution in [0.1, 0.15) is 16.7 Å². The topological polar surface area (TPSA) is 62.1 Å². The molecular weight excluding hydrogens is 546 g/mol. The van der Waals surface area contributed by atoms with E-state index in [1.54, 1.807) is 24.3 Å². The largest absolute Gasteiger partial charge is 0.488 e. The Morgan fingerprint density at radius 1 is 1.16 bits per heavy atom. The second kappa shape index (κ2) is 10.7. The van der Waals surface area contributed by atoms with Gasteiger partial charge in [-0.2, -0.15) is 5.26 Å². The first-order chi connectivity index (χ1) is 14.9. The van der Waals surface area contributed by atoms with Gasteiger partial charge in [-0.25, -0.2) is 0 Å². The second-order valence-electron chi connectivity index (χ2n) is 6.69. The summed E-state index contributed by atoms with van der Waals surface area (Å²) in [5.41, 5.74) is 3.27. The Labute approximate surface area is 204 Å². The lowest BCUT2D eigenvalue weighted by atomic mass is 10.1. The molecule has 0 atom stereocenters. The molecule has 7 heteroatoms. The maximum Gasteiger partial charge on any atom is 0.266 e. The van der Waals surface area contributed by atoms with Crippen LogP contribution in [0, 0.1) is 21.8 Å². The summed E-state index contributed by atoms with van der Waals surface area (Å²) < 4.78 is 6.77. The summed E-state index contributed by atoms with van der Waals surface area (Å²) in [6.07, 6.45) is 1.51. The van der Waals surface area contributed by atoms with Crippen LogP contribution in [0.2, 0.25) is 10.0 Å². The van der Waals surface area contributed by atoms with Gasteiger partial charge in [0.2, 0.25) is 0 Å². The first-order valence-corrected chi connectivity index (χ1v) is 11.1. The van der Waals surface area contributed by atoms with Gasteiger partial charge < -0.3 is 10.1 Å². The van der Waals surface area contributed by atoms with Crippen molar-refractivity contribution >= 4 is 63.5 Å². The van der Waals surface area contributed by atoms with Crippen LogP contribution >= 0.6 is 45.8 Å². The third-order valence-electron chi connectivity index (χ3n) is 4.35. The van der Waals surface area contributed by atoms with Crippen molar-refractivity contribution in [3.63, 3.8) is 0 Å². The van der Waals surface area contributed by atoms with E-state index < -0.39 is 5.91 Å². The fraction of sp³-hybridized carbons (Fsp3) is 0.0833. The molecule has 0 unspecified atom stereocenters. The number of nitriles is 1. The van der Waals surface area contributed by atoms with E-state index in [1.165, 1.54) is 11.6 Å². The molecule has 0 aromatic heterocycles. The van der Waals surface area contributed by atoms with Gasteiger partial charge in [-0.15, -0.1) is 0 Å². The maximum atomic E-state index is 12.5. The third kappa shape index (κ3) is 6.23. The van der Waals surface area contributed by atoms with Crippen LogP contribution < -0.4 is 10.1 Å². The summed E-state index contributed by atoms with van der Waals surface area (Å²) in [5.74, 6) is 0.161. The molecule has 0 radical (unpaired) electrons. The van der Waals surface area contributed by atoms with Crippen molar-refractivity contribution in [3.8, 4) is 11.8 Å². The highest BCUT2D eigenvalue weighted by molar-refractivity contribution is 14.1. The van der Waals surface area contributed by atoms with E-state index in [9.17, 15) is 10.1 Å². The van der Waals surface area contributed by atoms with Crippen LogP contribution in [0.4, 0.5) is 5.69 Å². The first kappa shape index (κ1) is 23.1. The lowest BCUT2D eigenvalue weighted by Crippen LogP contribution is -2.13. The number of benzene rings is 3. The van der Waals surface area contributed by atoms with E-state index in [4.69, 9.17) is 27.9 Å². The number of nitrogens with one attached hydrogen (secondary N) is 1. The van der Waals surface area contributed by atoms with Crippen LogP contribution in [-0.2, 0) is 11.4 Å². The van der Waals surface area contributed by atoms with E-state index in [0.717, 1.165) is 14.9 Å². The predicted octanol–water partition coefficient (Wildman–Crippen LogP) is 7.03. The Balaban J connectivity index is 1.72. The molecule has 4 nitrogen and oxygen atoms in total. The molecule has 0 heterocycles. The molecule has 31 heavy (non-hydrogen) atoms. The molecule has 0 saturated heterocycles. The van der Waals surface area contributed by atoms with Crippen LogP contribution in [0.5, 0.6) is 5.75 Å². The number of amides is 1. The van der Waals surface area contributed by atoms with E-state index >= 15 is 0 Å². The van der Waals surface area contributed by atoms with Crippen LogP contribution in [0.3, 0.4) is 0 Å². The van der Waals surface area contributed by atoms with Crippen molar-refractivity contribution in [1.29, 1.82) is 5.26 Å². The molecule has 3 aromatic carbocycles. The molecule has 3 aromatic rings. The molecule has 0 aliphatic carbocycles. The number of anilines is 1. The standard InChI is InChI=1S/C24H17Cl2IN2O2/c1-15-5-7-16(8-6-15)14-31-22-10-9-17(12-20(22)27)11-18(13-28)24(30)29-21-4-2-3-19(25)23(21)26/h2-12H,14H2,1H3,(H,29,30)/b18-11-. The van der Waals surface area contributed by atoms with E-state index in [1.807, 2.05) is 49.4 Å². The highest BCUT2D eigenvalue weighted by atomic mass is 127. The zero-order valence-corrected chi connectivity index (χ0v) is 20.1. The molecule has 3 rings (SSSR count). The van der Waals surface area contributed by atoms with Crippen molar-refractivity contribution < 1.29 is 9.53 Å². The summed E-state index contributed by atoms with van der Waals surface area (Å²) >= 11 is 14.2. The van der Waals surface area contributed by atoms with Crippen LogP contribution in [0.25, 0.3) is 6.08 Å². The van der Waals surface area contributed by atoms with Crippen molar-refractivity contribution in [3.05, 3.63) is 96.5 Å². The quantitative estimate of drug-likeness (QED) is 0.199. The molecule has 0 saturated carbocycles. The van der Waals surface area contributed by atoms with E-state index in [2.05, 4.69) is 27.9 Å². The Morgan fingerprint density at radius 2 is 1.90 bits per heavy atom. The Hall–Kier alpha value is -2.53. The van der Waals surface area contributed by atoms with Crippen molar-refractivity contribution in [1.82, 2.24) is 0 Å². The van der Waals surface area contributed by atoms with E-state index in [0.29, 0.717) is 22.9 Å². The molecule has 0 spiro atoms. The number of halogens is 3. The second-order valence-corrected chi connectivity index (χ2v) is 8.64. The number of hydrogen-bond donors (Lipinski definition) is 1. The van der Waals surface area contributed by atoms with Gasteiger partial charge in [0, 0.05) is 0 Å². The minimum absolute atomic E-state index is 0.0554. The lowest BCUT2D eigenvalue weighted by molar-refractivity contribution is -0.112. The number of ether oxygens (including phenoxy) is 1. The fourth-order valence-corrected chi connectivity index (χ4v) is 3.72. The zero-order valence-electron chi connectivity index (χ0n) is 16.5. The number of nitrogens with zero attached hydrogens (tertiary/aromatic N) is 1. The normalized spacial score (nSPS) is 11.0. The van der Waals surface area contributed by atoms with E-state index in [-0.39, 0.29) is 10.6 Å². The summed E-state index contributed by atoms with van der Waals surface area (Å²) in [4.78, 5) is 12.5. The molecule has 0 aliphatic heterocycles. The Morgan fingerprint density at radius 3 is 2.58 bits per heavy atom. The minimum Gasteiger partial charge on any atom is -0.488 e. The number of aryl methyl sites for hydroxylation is 1. The fourth-order valence-electron chi connectivity index (χ4n) is 2.67. The highest BCUT2D eigenvalue weighted by Crippen LogP contribution is 2.30. The maximum absolute atomic E-state index is 12.5. The average Bonchev–Trinajstić information content (AvgIpc) is 2.75. The predicted molar refractivity (Wildman–Crippen MR) is 133 cm³/mol. The van der Waals surface area contributed by atoms with Crippen molar-refractivity contribution in [2.45, 2.75) is 13.5 Å². The van der Waals surface area contributed by atoms with Crippen molar-refractivity contribution in [2.75, 3.05) is 5.32 Å². The monoisotopic (exact) mass is 562 g/mol. The van der Waals surface area contributed by atoms with Crippen LogP contribution in [-0.4, -0.2) is 5.91 Å².